The van der Waals surface area contributed by atoms with Crippen LogP contribution in [0.15, 0.2) is 6.07 Å². The van der Waals surface area contributed by atoms with Crippen LogP contribution in [0.5, 0.6) is 0 Å². The Hall–Kier alpha value is -1.98. The van der Waals surface area contributed by atoms with Crippen LogP contribution in [-0.2, 0) is 16.0 Å². The maximum atomic E-state index is 12.4. The zero-order chi connectivity index (χ0) is 17.0. The molecule has 126 valence electrons. The van der Waals surface area contributed by atoms with Gasteiger partial charge in [-0.2, -0.15) is 0 Å². The number of likely N-dealkylation sites (tertiary alicyclic amines) is 1. The van der Waals surface area contributed by atoms with Gasteiger partial charge < -0.3 is 10.2 Å². The van der Waals surface area contributed by atoms with Crippen LogP contribution in [0.1, 0.15) is 45.1 Å². The fraction of sp³-hybridized carbons (Fsp3) is 0.647. The number of amides is 2. The van der Waals surface area contributed by atoms with Crippen molar-refractivity contribution in [3.05, 3.63) is 17.6 Å². The molecule has 0 radical (unpaired) electrons. The molecule has 1 aliphatic rings. The zero-order valence-electron chi connectivity index (χ0n) is 14.4. The fourth-order valence-corrected chi connectivity index (χ4v) is 2.83. The van der Waals surface area contributed by atoms with Gasteiger partial charge in [0.15, 0.2) is 0 Å². The molecule has 0 spiro atoms. The van der Waals surface area contributed by atoms with E-state index in [0.717, 1.165) is 12.1 Å². The summed E-state index contributed by atoms with van der Waals surface area (Å²) >= 11 is 0. The summed E-state index contributed by atoms with van der Waals surface area (Å²) in [6.45, 7) is 8.96. The molecule has 1 aromatic heterocycles. The van der Waals surface area contributed by atoms with Gasteiger partial charge >= 0.3 is 0 Å². The molecule has 6 heteroatoms. The van der Waals surface area contributed by atoms with Crippen LogP contribution in [0.3, 0.4) is 0 Å². The standard InChI is InChI=1S/C17H26N4O2/c1-5-14-10-15(19-12(4)18-14)20-16(22)13-6-8-21(9-7-13)17(23)11(2)3/h10-11,13H,5-9H2,1-4H3,(H,18,19,20,22). The SMILES string of the molecule is CCc1cc(NC(=O)C2CCN(C(=O)C(C)C)CC2)nc(C)n1. The van der Waals surface area contributed by atoms with Crippen molar-refractivity contribution in [2.75, 3.05) is 18.4 Å². The van der Waals surface area contributed by atoms with E-state index in [1.54, 1.807) is 0 Å². The minimum atomic E-state index is -0.0634. The topological polar surface area (TPSA) is 75.2 Å². The van der Waals surface area contributed by atoms with Crippen LogP contribution in [0.4, 0.5) is 5.82 Å². The number of carbonyl (C=O) groups excluding carboxylic acids is 2. The molecule has 1 aromatic rings. The molecular weight excluding hydrogens is 292 g/mol. The predicted molar refractivity (Wildman–Crippen MR) is 88.9 cm³/mol. The Kier molecular flexibility index (Phi) is 5.69. The second-order valence-corrected chi connectivity index (χ2v) is 6.39. The Morgan fingerprint density at radius 1 is 1.30 bits per heavy atom. The first kappa shape index (κ1) is 17.4. The van der Waals surface area contributed by atoms with Crippen LogP contribution >= 0.6 is 0 Å². The lowest BCUT2D eigenvalue weighted by Crippen LogP contribution is -2.43. The van der Waals surface area contributed by atoms with E-state index in [9.17, 15) is 9.59 Å². The van der Waals surface area contributed by atoms with Crippen molar-refractivity contribution >= 4 is 17.6 Å². The monoisotopic (exact) mass is 318 g/mol. The largest absolute Gasteiger partial charge is 0.342 e. The minimum absolute atomic E-state index is 0.0110. The van der Waals surface area contributed by atoms with Gasteiger partial charge in [0, 0.05) is 36.7 Å². The van der Waals surface area contributed by atoms with Crippen molar-refractivity contribution in [1.82, 2.24) is 14.9 Å². The van der Waals surface area contributed by atoms with Gasteiger partial charge in [0.25, 0.3) is 0 Å². The van der Waals surface area contributed by atoms with Gasteiger partial charge in [-0.3, -0.25) is 9.59 Å². The van der Waals surface area contributed by atoms with Gasteiger partial charge in [-0.05, 0) is 26.2 Å². The highest BCUT2D eigenvalue weighted by Gasteiger charge is 2.28. The number of nitrogens with zero attached hydrogens (tertiary/aromatic N) is 3. The smallest absolute Gasteiger partial charge is 0.228 e. The molecule has 1 fully saturated rings. The van der Waals surface area contributed by atoms with Crippen molar-refractivity contribution in [3.8, 4) is 0 Å². The fourth-order valence-electron chi connectivity index (χ4n) is 2.83. The predicted octanol–water partition coefficient (Wildman–Crippen LogP) is 2.18. The van der Waals surface area contributed by atoms with Crippen LogP contribution < -0.4 is 5.32 Å². The van der Waals surface area contributed by atoms with E-state index in [-0.39, 0.29) is 23.7 Å². The van der Waals surface area contributed by atoms with Gasteiger partial charge in [-0.15, -0.1) is 0 Å². The lowest BCUT2D eigenvalue weighted by atomic mass is 9.95. The van der Waals surface area contributed by atoms with Gasteiger partial charge in [-0.25, -0.2) is 9.97 Å². The van der Waals surface area contributed by atoms with E-state index in [4.69, 9.17) is 0 Å². The highest BCUT2D eigenvalue weighted by Crippen LogP contribution is 2.20. The molecule has 2 amide bonds. The van der Waals surface area contributed by atoms with Crippen LogP contribution in [0, 0.1) is 18.8 Å². The summed E-state index contributed by atoms with van der Waals surface area (Å²) in [5, 5.41) is 2.90. The molecule has 6 nitrogen and oxygen atoms in total. The number of anilines is 1. The first-order valence-corrected chi connectivity index (χ1v) is 8.35. The summed E-state index contributed by atoms with van der Waals surface area (Å²) in [4.78, 5) is 34.8. The van der Waals surface area contributed by atoms with E-state index in [0.29, 0.717) is 37.6 Å². The van der Waals surface area contributed by atoms with Crippen LogP contribution in [0.25, 0.3) is 0 Å². The molecule has 0 aromatic carbocycles. The third-order valence-corrected chi connectivity index (χ3v) is 4.18. The Labute approximate surface area is 137 Å². The number of hydrogen-bond acceptors (Lipinski definition) is 4. The Balaban J connectivity index is 1.93. The maximum absolute atomic E-state index is 12.4. The number of carbonyl (C=O) groups is 2. The molecule has 0 aliphatic carbocycles. The van der Waals surface area contributed by atoms with Crippen molar-refractivity contribution < 1.29 is 9.59 Å². The Morgan fingerprint density at radius 3 is 2.52 bits per heavy atom. The average Bonchev–Trinajstić information content (AvgIpc) is 2.53. The second kappa shape index (κ2) is 7.53. The molecule has 23 heavy (non-hydrogen) atoms. The highest BCUT2D eigenvalue weighted by molar-refractivity contribution is 5.92. The van der Waals surface area contributed by atoms with Crippen LogP contribution in [-0.4, -0.2) is 39.8 Å². The summed E-state index contributed by atoms with van der Waals surface area (Å²) in [7, 11) is 0. The van der Waals surface area contributed by atoms with E-state index in [1.807, 2.05) is 38.7 Å². The number of nitrogens with one attached hydrogen (secondary N) is 1. The number of aromatic nitrogens is 2. The number of piperidine rings is 1. The van der Waals surface area contributed by atoms with Crippen molar-refractivity contribution in [2.45, 2.75) is 47.0 Å². The van der Waals surface area contributed by atoms with E-state index in [1.165, 1.54) is 0 Å². The molecule has 0 unspecified atom stereocenters. The summed E-state index contributed by atoms with van der Waals surface area (Å²) < 4.78 is 0. The number of hydrogen-bond donors (Lipinski definition) is 1. The molecule has 0 atom stereocenters. The quantitative estimate of drug-likeness (QED) is 0.923. The van der Waals surface area contributed by atoms with Crippen LogP contribution in [0.2, 0.25) is 0 Å². The van der Waals surface area contributed by atoms with E-state index in [2.05, 4.69) is 15.3 Å². The maximum Gasteiger partial charge on any atom is 0.228 e. The van der Waals surface area contributed by atoms with E-state index >= 15 is 0 Å². The molecular formula is C17H26N4O2. The van der Waals surface area contributed by atoms with Gasteiger partial charge in [-0.1, -0.05) is 20.8 Å². The minimum Gasteiger partial charge on any atom is -0.342 e. The molecule has 1 saturated heterocycles. The zero-order valence-corrected chi connectivity index (χ0v) is 14.4. The molecule has 0 saturated carbocycles. The van der Waals surface area contributed by atoms with E-state index < -0.39 is 0 Å². The molecule has 2 heterocycles. The first-order valence-electron chi connectivity index (χ1n) is 8.35. The molecule has 0 bridgehead atoms. The van der Waals surface area contributed by atoms with Crippen molar-refractivity contribution in [3.63, 3.8) is 0 Å². The van der Waals surface area contributed by atoms with Crippen molar-refractivity contribution in [1.29, 1.82) is 0 Å². The summed E-state index contributed by atoms with van der Waals surface area (Å²) in [5.74, 6) is 1.34. The molecule has 1 aliphatic heterocycles. The van der Waals surface area contributed by atoms with Gasteiger partial charge in [0.2, 0.25) is 11.8 Å². The first-order chi connectivity index (χ1) is 10.9. The number of aryl methyl sites for hydroxylation is 2. The lowest BCUT2D eigenvalue weighted by molar-refractivity contribution is -0.137. The van der Waals surface area contributed by atoms with Crippen molar-refractivity contribution in [2.24, 2.45) is 11.8 Å². The second-order valence-electron chi connectivity index (χ2n) is 6.39. The third kappa shape index (κ3) is 4.50. The highest BCUT2D eigenvalue weighted by atomic mass is 16.2. The van der Waals surface area contributed by atoms with Gasteiger partial charge in [0.1, 0.15) is 11.6 Å². The Morgan fingerprint density at radius 2 is 1.96 bits per heavy atom. The number of rotatable bonds is 4. The summed E-state index contributed by atoms with van der Waals surface area (Å²) in [6, 6.07) is 1.82. The Bertz CT molecular complexity index is 578. The summed E-state index contributed by atoms with van der Waals surface area (Å²) in [6.07, 6.45) is 2.21. The van der Waals surface area contributed by atoms with Gasteiger partial charge in [0.05, 0.1) is 0 Å². The summed E-state index contributed by atoms with van der Waals surface area (Å²) in [5.41, 5.74) is 0.921. The lowest BCUT2D eigenvalue weighted by Gasteiger charge is -2.32. The third-order valence-electron chi connectivity index (χ3n) is 4.18. The molecule has 2 rings (SSSR count). The average molecular weight is 318 g/mol. The molecule has 1 N–H and O–H groups in total. The normalized spacial score (nSPS) is 15.8.